The van der Waals surface area contributed by atoms with Crippen molar-refractivity contribution in [2.24, 2.45) is 0 Å². The molecule has 0 unspecified atom stereocenters. The minimum absolute atomic E-state index is 0.0208. The van der Waals surface area contributed by atoms with Crippen LogP contribution >= 0.6 is 0 Å². The van der Waals surface area contributed by atoms with Gasteiger partial charge in [0.2, 0.25) is 5.91 Å². The van der Waals surface area contributed by atoms with Gasteiger partial charge in [-0.3, -0.25) is 9.59 Å². The van der Waals surface area contributed by atoms with Crippen LogP contribution in [0.25, 0.3) is 0 Å². The third kappa shape index (κ3) is 3.86. The largest absolute Gasteiger partial charge is 0.481 e. The third-order valence-electron chi connectivity index (χ3n) is 2.43. The van der Waals surface area contributed by atoms with Crippen LogP contribution in [-0.2, 0) is 22.6 Å². The first-order valence-corrected chi connectivity index (χ1v) is 5.53. The number of amides is 1. The number of aromatic nitrogens is 3. The summed E-state index contributed by atoms with van der Waals surface area (Å²) in [4.78, 5) is 21.8. The molecule has 0 radical (unpaired) electrons. The van der Waals surface area contributed by atoms with Gasteiger partial charge in [0, 0.05) is 18.7 Å². The molecule has 0 saturated heterocycles. The second kappa shape index (κ2) is 4.94. The number of hydrogen-bond donors (Lipinski definition) is 2. The van der Waals surface area contributed by atoms with E-state index in [4.69, 9.17) is 5.11 Å². The van der Waals surface area contributed by atoms with Crippen molar-refractivity contribution >= 4 is 11.9 Å². The second-order valence-electron chi connectivity index (χ2n) is 4.14. The van der Waals surface area contributed by atoms with E-state index in [-0.39, 0.29) is 18.9 Å². The van der Waals surface area contributed by atoms with Crippen LogP contribution in [0, 0.1) is 0 Å². The summed E-state index contributed by atoms with van der Waals surface area (Å²) in [5, 5.41) is 18.9. The summed E-state index contributed by atoms with van der Waals surface area (Å²) in [6.45, 7) is 0.135. The smallest absolute Gasteiger partial charge is 0.303 e. The van der Waals surface area contributed by atoms with Gasteiger partial charge in [-0.25, -0.2) is 4.68 Å². The predicted molar refractivity (Wildman–Crippen MR) is 57.1 cm³/mol. The Morgan fingerprint density at radius 1 is 1.53 bits per heavy atom. The number of rotatable bonds is 6. The minimum atomic E-state index is -0.869. The highest BCUT2D eigenvalue weighted by atomic mass is 16.4. The van der Waals surface area contributed by atoms with Crippen molar-refractivity contribution in [1.29, 1.82) is 0 Å². The van der Waals surface area contributed by atoms with E-state index in [1.54, 1.807) is 6.20 Å². The van der Waals surface area contributed by atoms with Crippen LogP contribution < -0.4 is 5.32 Å². The van der Waals surface area contributed by atoms with Crippen molar-refractivity contribution in [2.45, 2.75) is 38.3 Å². The van der Waals surface area contributed by atoms with Gasteiger partial charge in [-0.1, -0.05) is 5.21 Å². The zero-order chi connectivity index (χ0) is 12.3. The number of hydrogen-bond acceptors (Lipinski definition) is 4. The molecule has 1 aliphatic carbocycles. The molecular formula is C10H14N4O3. The molecule has 2 N–H and O–H groups in total. The molecule has 7 nitrogen and oxygen atoms in total. The van der Waals surface area contributed by atoms with Crippen molar-refractivity contribution in [1.82, 2.24) is 20.3 Å². The first-order chi connectivity index (χ1) is 8.13. The Hall–Kier alpha value is -1.92. The number of carbonyl (C=O) groups is 2. The lowest BCUT2D eigenvalue weighted by molar-refractivity contribution is -0.137. The van der Waals surface area contributed by atoms with E-state index in [1.807, 2.05) is 0 Å². The minimum Gasteiger partial charge on any atom is -0.481 e. The Labute approximate surface area is 97.8 Å². The van der Waals surface area contributed by atoms with Gasteiger partial charge in [-0.15, -0.1) is 5.10 Å². The summed E-state index contributed by atoms with van der Waals surface area (Å²) in [5.74, 6) is -0.951. The van der Waals surface area contributed by atoms with Crippen molar-refractivity contribution < 1.29 is 14.7 Å². The molecule has 92 valence electrons. The maximum Gasteiger partial charge on any atom is 0.303 e. The maximum absolute atomic E-state index is 11.4. The molecule has 1 aliphatic rings. The zero-order valence-electron chi connectivity index (χ0n) is 9.30. The van der Waals surface area contributed by atoms with Crippen LogP contribution in [0.15, 0.2) is 6.20 Å². The molecule has 0 aliphatic heterocycles. The number of aliphatic carboxylic acids is 1. The van der Waals surface area contributed by atoms with Crippen molar-refractivity contribution in [2.75, 3.05) is 0 Å². The topological polar surface area (TPSA) is 97.1 Å². The summed E-state index contributed by atoms with van der Waals surface area (Å²) in [7, 11) is 0. The Balaban J connectivity index is 1.80. The maximum atomic E-state index is 11.4. The van der Waals surface area contributed by atoms with Gasteiger partial charge in [0.15, 0.2) is 0 Å². The number of aryl methyl sites for hydroxylation is 1. The van der Waals surface area contributed by atoms with E-state index in [9.17, 15) is 9.59 Å². The van der Waals surface area contributed by atoms with Gasteiger partial charge in [-0.2, -0.15) is 0 Å². The monoisotopic (exact) mass is 238 g/mol. The van der Waals surface area contributed by atoms with Crippen LogP contribution in [0.5, 0.6) is 0 Å². The van der Waals surface area contributed by atoms with Crippen molar-refractivity contribution in [3.63, 3.8) is 0 Å². The first-order valence-electron chi connectivity index (χ1n) is 5.53. The van der Waals surface area contributed by atoms with Gasteiger partial charge in [0.1, 0.15) is 6.54 Å². The Morgan fingerprint density at radius 2 is 2.29 bits per heavy atom. The third-order valence-corrected chi connectivity index (χ3v) is 2.43. The summed E-state index contributed by atoms with van der Waals surface area (Å²) in [5.41, 5.74) is 0.589. The average Bonchev–Trinajstić information content (AvgIpc) is 2.94. The van der Waals surface area contributed by atoms with E-state index in [0.29, 0.717) is 18.2 Å². The molecule has 0 atom stereocenters. The molecule has 0 aromatic carbocycles. The van der Waals surface area contributed by atoms with Crippen LogP contribution in [0.2, 0.25) is 0 Å². The van der Waals surface area contributed by atoms with Gasteiger partial charge >= 0.3 is 5.97 Å². The molecule has 1 heterocycles. The molecule has 1 aromatic heterocycles. The average molecular weight is 238 g/mol. The highest BCUT2D eigenvalue weighted by molar-refractivity contribution is 5.76. The Kier molecular flexibility index (Phi) is 3.36. The van der Waals surface area contributed by atoms with Crippen molar-refractivity contribution in [3.05, 3.63) is 11.9 Å². The number of nitrogens with zero attached hydrogens (tertiary/aromatic N) is 3. The lowest BCUT2D eigenvalue weighted by Gasteiger charge is -2.01. The Morgan fingerprint density at radius 3 is 2.94 bits per heavy atom. The van der Waals surface area contributed by atoms with Gasteiger partial charge < -0.3 is 10.4 Å². The lowest BCUT2D eigenvalue weighted by atomic mass is 10.2. The van der Waals surface area contributed by atoms with E-state index in [1.165, 1.54) is 4.68 Å². The molecule has 0 spiro atoms. The summed E-state index contributed by atoms with van der Waals surface area (Å²) >= 11 is 0. The van der Waals surface area contributed by atoms with E-state index in [0.717, 1.165) is 12.8 Å². The number of carbonyl (C=O) groups excluding carboxylic acids is 1. The number of carboxylic acids is 1. The fourth-order valence-electron chi connectivity index (χ4n) is 1.41. The molecule has 0 bridgehead atoms. The van der Waals surface area contributed by atoms with Crippen LogP contribution in [0.1, 0.15) is 25.0 Å². The standard InChI is InChI=1S/C10H14N4O3/c15-9(11-7-1-2-7)6-14-5-8(12-13-14)3-4-10(16)17/h5,7H,1-4,6H2,(H,11,15)(H,16,17). The molecule has 17 heavy (non-hydrogen) atoms. The zero-order valence-corrected chi connectivity index (χ0v) is 9.30. The normalized spacial score (nSPS) is 14.6. The van der Waals surface area contributed by atoms with Crippen LogP contribution in [0.4, 0.5) is 0 Å². The fraction of sp³-hybridized carbons (Fsp3) is 0.600. The first kappa shape index (κ1) is 11.6. The summed E-state index contributed by atoms with van der Waals surface area (Å²) in [6.07, 6.45) is 4.06. The van der Waals surface area contributed by atoms with Crippen LogP contribution in [-0.4, -0.2) is 38.0 Å². The number of carboxylic acid groups (broad SMARTS) is 1. The van der Waals surface area contributed by atoms with Gasteiger partial charge in [-0.05, 0) is 12.8 Å². The Bertz CT molecular complexity index is 425. The fourth-order valence-corrected chi connectivity index (χ4v) is 1.41. The van der Waals surface area contributed by atoms with E-state index >= 15 is 0 Å². The summed E-state index contributed by atoms with van der Waals surface area (Å²) < 4.78 is 1.43. The quantitative estimate of drug-likeness (QED) is 0.701. The molecule has 1 fully saturated rings. The highest BCUT2D eigenvalue weighted by Gasteiger charge is 2.23. The van der Waals surface area contributed by atoms with Crippen LogP contribution in [0.3, 0.4) is 0 Å². The SMILES string of the molecule is O=C(O)CCc1cn(CC(=O)NC2CC2)nn1. The molecule has 1 aromatic rings. The molecule has 7 heteroatoms. The molecule has 1 amide bonds. The molecule has 2 rings (SSSR count). The second-order valence-corrected chi connectivity index (χ2v) is 4.14. The molecular weight excluding hydrogens is 224 g/mol. The van der Waals surface area contributed by atoms with Gasteiger partial charge in [0.05, 0.1) is 12.1 Å². The molecule has 1 saturated carbocycles. The summed E-state index contributed by atoms with van der Waals surface area (Å²) in [6, 6.07) is 0.331. The van der Waals surface area contributed by atoms with E-state index < -0.39 is 5.97 Å². The predicted octanol–water partition coefficient (Wildman–Crippen LogP) is -0.426. The van der Waals surface area contributed by atoms with Gasteiger partial charge in [0.25, 0.3) is 0 Å². The number of nitrogens with one attached hydrogen (secondary N) is 1. The lowest BCUT2D eigenvalue weighted by Crippen LogP contribution is -2.29. The highest BCUT2D eigenvalue weighted by Crippen LogP contribution is 2.18. The van der Waals surface area contributed by atoms with E-state index in [2.05, 4.69) is 15.6 Å². The van der Waals surface area contributed by atoms with Crippen molar-refractivity contribution in [3.8, 4) is 0 Å².